The first-order valence-electron chi connectivity index (χ1n) is 6.09. The fourth-order valence-electron chi connectivity index (χ4n) is 2.50. The van der Waals surface area contributed by atoms with Crippen LogP contribution in [0.25, 0.3) is 0 Å². The quantitative estimate of drug-likeness (QED) is 0.628. The van der Waals surface area contributed by atoms with Crippen molar-refractivity contribution in [2.45, 2.75) is 57.4 Å². The van der Waals surface area contributed by atoms with Crippen molar-refractivity contribution in [2.24, 2.45) is 0 Å². The summed E-state index contributed by atoms with van der Waals surface area (Å²) < 4.78 is 2.41. The van der Waals surface area contributed by atoms with E-state index in [1.807, 2.05) is 0 Å². The Bertz CT molecular complexity index is 228. The molecule has 1 nitrogen and oxygen atoms in total. The molecule has 1 aliphatic carbocycles. The van der Waals surface area contributed by atoms with Crippen LogP contribution in [0.4, 0.5) is 0 Å². The van der Waals surface area contributed by atoms with E-state index in [0.717, 1.165) is 6.04 Å². The highest BCUT2D eigenvalue weighted by atomic mass is 15.0. The Morgan fingerprint density at radius 3 is 1.79 bits per heavy atom. The van der Waals surface area contributed by atoms with Crippen LogP contribution < -0.4 is 0 Å². The van der Waals surface area contributed by atoms with Crippen LogP contribution >= 0.6 is 0 Å². The smallest absolute Gasteiger partial charge is 0.0330 e. The first-order chi connectivity index (χ1) is 6.97. The predicted octanol–water partition coefficient (Wildman–Crippen LogP) is 4.16. The lowest BCUT2D eigenvalue weighted by Gasteiger charge is -2.17. The second-order valence-electron chi connectivity index (χ2n) is 4.48. The molecule has 1 heterocycles. The molecule has 0 aliphatic heterocycles. The Kier molecular flexibility index (Phi) is 3.67. The zero-order valence-corrected chi connectivity index (χ0v) is 8.99. The number of aromatic nitrogens is 1. The van der Waals surface area contributed by atoms with E-state index in [1.165, 1.54) is 51.4 Å². The van der Waals surface area contributed by atoms with E-state index in [-0.39, 0.29) is 0 Å². The molecule has 0 N–H and O–H groups in total. The van der Waals surface area contributed by atoms with Gasteiger partial charge >= 0.3 is 0 Å². The van der Waals surface area contributed by atoms with Crippen molar-refractivity contribution in [2.75, 3.05) is 0 Å². The molecule has 0 atom stereocenters. The van der Waals surface area contributed by atoms with E-state index in [9.17, 15) is 0 Å². The molecule has 1 heteroatoms. The lowest BCUT2D eigenvalue weighted by molar-refractivity contribution is 0.417. The average molecular weight is 191 g/mol. The maximum atomic E-state index is 2.41. The first-order valence-corrected chi connectivity index (χ1v) is 6.09. The molecule has 0 spiro atoms. The van der Waals surface area contributed by atoms with Crippen LogP contribution in [0.2, 0.25) is 0 Å². The molecule has 0 aromatic carbocycles. The summed E-state index contributed by atoms with van der Waals surface area (Å²) in [6, 6.07) is 5.07. The van der Waals surface area contributed by atoms with Gasteiger partial charge in [0.25, 0.3) is 0 Å². The van der Waals surface area contributed by atoms with Gasteiger partial charge in [0.15, 0.2) is 0 Å². The van der Waals surface area contributed by atoms with Gasteiger partial charge in [-0.25, -0.2) is 0 Å². The van der Waals surface area contributed by atoms with E-state index in [4.69, 9.17) is 0 Å². The Hall–Kier alpha value is -0.720. The molecular weight excluding hydrogens is 170 g/mol. The van der Waals surface area contributed by atoms with Crippen LogP contribution in [0, 0.1) is 0 Å². The van der Waals surface area contributed by atoms with E-state index >= 15 is 0 Å². The minimum absolute atomic E-state index is 0.781. The monoisotopic (exact) mass is 191 g/mol. The Labute approximate surface area is 87.1 Å². The SMILES string of the molecule is c1ccn(C2CCCCCCCC2)c1. The highest BCUT2D eigenvalue weighted by molar-refractivity contribution is 4.93. The topological polar surface area (TPSA) is 4.93 Å². The van der Waals surface area contributed by atoms with Gasteiger partial charge < -0.3 is 4.57 Å². The summed E-state index contributed by atoms with van der Waals surface area (Å²) in [6.07, 6.45) is 15.9. The van der Waals surface area contributed by atoms with Gasteiger partial charge in [0.1, 0.15) is 0 Å². The Morgan fingerprint density at radius 1 is 0.714 bits per heavy atom. The Balaban J connectivity index is 1.94. The van der Waals surface area contributed by atoms with Crippen LogP contribution in [0.5, 0.6) is 0 Å². The van der Waals surface area contributed by atoms with Gasteiger partial charge in [0.2, 0.25) is 0 Å². The predicted molar refractivity (Wildman–Crippen MR) is 60.4 cm³/mol. The van der Waals surface area contributed by atoms with Crippen molar-refractivity contribution >= 4 is 0 Å². The zero-order chi connectivity index (χ0) is 9.64. The van der Waals surface area contributed by atoms with Crippen molar-refractivity contribution in [1.82, 2.24) is 4.57 Å². The molecule has 1 aliphatic rings. The summed E-state index contributed by atoms with van der Waals surface area (Å²) in [5.41, 5.74) is 0. The number of hydrogen-bond acceptors (Lipinski definition) is 0. The van der Waals surface area contributed by atoms with E-state index in [1.54, 1.807) is 0 Å². The van der Waals surface area contributed by atoms with Gasteiger partial charge in [-0.05, 0) is 25.0 Å². The third kappa shape index (κ3) is 2.63. The normalized spacial score (nSPS) is 21.1. The number of rotatable bonds is 1. The van der Waals surface area contributed by atoms with Gasteiger partial charge in [0.05, 0.1) is 0 Å². The first kappa shape index (κ1) is 9.82. The highest BCUT2D eigenvalue weighted by Gasteiger charge is 2.10. The standard InChI is InChI=1S/C13H21N/c1-2-4-6-10-13(9-5-3-1)14-11-7-8-12-14/h7-8,11-13H,1-6,9-10H2. The van der Waals surface area contributed by atoms with Crippen LogP contribution in [0.1, 0.15) is 57.4 Å². The van der Waals surface area contributed by atoms with E-state index < -0.39 is 0 Å². The van der Waals surface area contributed by atoms with Crippen molar-refractivity contribution in [3.63, 3.8) is 0 Å². The molecule has 1 fully saturated rings. The summed E-state index contributed by atoms with van der Waals surface area (Å²) in [6.45, 7) is 0. The summed E-state index contributed by atoms with van der Waals surface area (Å²) in [5, 5.41) is 0. The van der Waals surface area contributed by atoms with Gasteiger partial charge in [0, 0.05) is 18.4 Å². The van der Waals surface area contributed by atoms with Crippen LogP contribution in [0.3, 0.4) is 0 Å². The third-order valence-corrected chi connectivity index (χ3v) is 3.37. The highest BCUT2D eigenvalue weighted by Crippen LogP contribution is 2.25. The molecule has 0 bridgehead atoms. The molecule has 0 saturated heterocycles. The lowest BCUT2D eigenvalue weighted by Crippen LogP contribution is -2.06. The van der Waals surface area contributed by atoms with Crippen molar-refractivity contribution in [3.8, 4) is 0 Å². The molecule has 0 radical (unpaired) electrons. The molecule has 2 rings (SSSR count). The van der Waals surface area contributed by atoms with Crippen molar-refractivity contribution in [3.05, 3.63) is 24.5 Å². The Morgan fingerprint density at radius 2 is 1.21 bits per heavy atom. The summed E-state index contributed by atoms with van der Waals surface area (Å²) in [5.74, 6) is 0. The van der Waals surface area contributed by atoms with Gasteiger partial charge in [-0.3, -0.25) is 0 Å². The molecule has 1 saturated carbocycles. The minimum atomic E-state index is 0.781. The second-order valence-corrected chi connectivity index (χ2v) is 4.48. The summed E-state index contributed by atoms with van der Waals surface area (Å²) >= 11 is 0. The summed E-state index contributed by atoms with van der Waals surface area (Å²) in [4.78, 5) is 0. The third-order valence-electron chi connectivity index (χ3n) is 3.37. The number of hydrogen-bond donors (Lipinski definition) is 0. The van der Waals surface area contributed by atoms with Crippen molar-refractivity contribution < 1.29 is 0 Å². The minimum Gasteiger partial charge on any atom is -0.351 e. The molecule has 1 aromatic rings. The maximum absolute atomic E-state index is 2.41. The molecular formula is C13H21N. The van der Waals surface area contributed by atoms with Crippen LogP contribution in [0.15, 0.2) is 24.5 Å². The molecule has 14 heavy (non-hydrogen) atoms. The molecule has 0 unspecified atom stereocenters. The fourth-order valence-corrected chi connectivity index (χ4v) is 2.50. The molecule has 0 amide bonds. The average Bonchev–Trinajstić information content (AvgIpc) is 2.75. The van der Waals surface area contributed by atoms with Gasteiger partial charge in [-0.2, -0.15) is 0 Å². The zero-order valence-electron chi connectivity index (χ0n) is 8.99. The van der Waals surface area contributed by atoms with E-state index in [2.05, 4.69) is 29.1 Å². The molecule has 78 valence electrons. The maximum Gasteiger partial charge on any atom is 0.0330 e. The second kappa shape index (κ2) is 5.23. The van der Waals surface area contributed by atoms with Crippen molar-refractivity contribution in [1.29, 1.82) is 0 Å². The molecule has 1 aromatic heterocycles. The van der Waals surface area contributed by atoms with Gasteiger partial charge in [-0.1, -0.05) is 38.5 Å². The van der Waals surface area contributed by atoms with Gasteiger partial charge in [-0.15, -0.1) is 0 Å². The van der Waals surface area contributed by atoms with E-state index in [0.29, 0.717) is 0 Å². The number of nitrogens with zero attached hydrogens (tertiary/aromatic N) is 1. The van der Waals surface area contributed by atoms with Crippen LogP contribution in [-0.2, 0) is 0 Å². The fraction of sp³-hybridized carbons (Fsp3) is 0.692. The largest absolute Gasteiger partial charge is 0.351 e. The van der Waals surface area contributed by atoms with Crippen LogP contribution in [-0.4, -0.2) is 4.57 Å². The summed E-state index contributed by atoms with van der Waals surface area (Å²) in [7, 11) is 0. The lowest BCUT2D eigenvalue weighted by atomic mass is 10.1.